The third-order valence-electron chi connectivity index (χ3n) is 7.33. The zero-order valence-electron chi connectivity index (χ0n) is 24.3. The molecule has 0 amide bonds. The maximum atomic E-state index is 14.3. The molecule has 0 atom stereocenters. The average Bonchev–Trinajstić information content (AvgIpc) is 2.90. The Hall–Kier alpha value is -2.97. The number of benzene rings is 3. The van der Waals surface area contributed by atoms with Crippen LogP contribution in [0.25, 0.3) is 43.5 Å². The molecule has 6 rings (SSSR count). The van der Waals surface area contributed by atoms with E-state index in [1.807, 2.05) is 47.0 Å². The highest BCUT2D eigenvalue weighted by Crippen LogP contribution is 2.33. The van der Waals surface area contributed by atoms with Gasteiger partial charge in [-0.05, 0) is 104 Å². The summed E-state index contributed by atoms with van der Waals surface area (Å²) in [5.74, 6) is 0.658. The van der Waals surface area contributed by atoms with E-state index in [1.54, 1.807) is 15.2 Å². The molecule has 3 heterocycles. The predicted octanol–water partition coefficient (Wildman–Crippen LogP) is 7.84. The number of nitrogens with zero attached hydrogens (tertiary/aromatic N) is 3. The van der Waals surface area contributed by atoms with Crippen molar-refractivity contribution in [3.63, 3.8) is 0 Å². The van der Waals surface area contributed by atoms with Crippen molar-refractivity contribution in [3.05, 3.63) is 88.5 Å². The van der Waals surface area contributed by atoms with Crippen molar-refractivity contribution in [3.8, 4) is 0 Å². The van der Waals surface area contributed by atoms with Crippen LogP contribution in [-0.4, -0.2) is 13.7 Å². The van der Waals surface area contributed by atoms with Crippen LogP contribution < -0.4 is 16.7 Å². The summed E-state index contributed by atoms with van der Waals surface area (Å²) in [6.45, 7) is 14.0. The van der Waals surface area contributed by atoms with Gasteiger partial charge in [0.05, 0.1) is 16.3 Å². The topological polar surface area (TPSA) is 66.0 Å². The summed E-state index contributed by atoms with van der Waals surface area (Å²) in [6, 6.07) is 14.8. The van der Waals surface area contributed by atoms with Crippen LogP contribution in [0.5, 0.6) is 0 Å². The highest BCUT2D eigenvalue weighted by atomic mass is 79.9. The molecular formula is C33H35Br2N3O3. The first-order chi connectivity index (χ1) is 19.4. The van der Waals surface area contributed by atoms with Gasteiger partial charge in [0.2, 0.25) is 0 Å². The van der Waals surface area contributed by atoms with Crippen molar-refractivity contribution < 1.29 is 0 Å². The maximum Gasteiger partial charge on any atom is 0.259 e. The third-order valence-corrected chi connectivity index (χ3v) is 8.81. The van der Waals surface area contributed by atoms with Crippen molar-refractivity contribution in [2.45, 2.75) is 61.2 Å². The maximum absolute atomic E-state index is 14.3. The Morgan fingerprint density at radius 2 is 1.02 bits per heavy atom. The molecule has 0 N–H and O–H groups in total. The molecule has 6 aromatic rings. The number of hydrogen-bond donors (Lipinski definition) is 0. The molecule has 6 nitrogen and oxygen atoms in total. The molecule has 214 valence electrons. The van der Waals surface area contributed by atoms with E-state index < -0.39 is 0 Å². The highest BCUT2D eigenvalue weighted by molar-refractivity contribution is 9.11. The molecule has 0 aliphatic carbocycles. The lowest BCUT2D eigenvalue weighted by Gasteiger charge is -2.18. The molecule has 0 saturated heterocycles. The van der Waals surface area contributed by atoms with Gasteiger partial charge >= 0.3 is 0 Å². The average molecular weight is 681 g/mol. The minimum atomic E-state index is -0.150. The van der Waals surface area contributed by atoms with Crippen molar-refractivity contribution in [1.29, 1.82) is 0 Å². The molecule has 41 heavy (non-hydrogen) atoms. The second-order valence-corrected chi connectivity index (χ2v) is 13.8. The van der Waals surface area contributed by atoms with E-state index in [1.165, 1.54) is 0 Å². The fraction of sp³-hybridized carbons (Fsp3) is 0.364. The van der Waals surface area contributed by atoms with E-state index >= 15 is 0 Å². The first-order valence-corrected chi connectivity index (χ1v) is 15.7. The van der Waals surface area contributed by atoms with Gasteiger partial charge in [-0.3, -0.25) is 14.4 Å². The van der Waals surface area contributed by atoms with Gasteiger partial charge in [0.1, 0.15) is 0 Å². The van der Waals surface area contributed by atoms with Gasteiger partial charge in [-0.2, -0.15) is 0 Å². The second kappa shape index (κ2) is 11.4. The monoisotopic (exact) mass is 679 g/mol. The Labute approximate surface area is 255 Å². The van der Waals surface area contributed by atoms with Crippen LogP contribution >= 0.6 is 31.9 Å². The minimum Gasteiger partial charge on any atom is -0.308 e. The normalized spacial score (nSPS) is 12.2. The highest BCUT2D eigenvalue weighted by Gasteiger charge is 2.18. The van der Waals surface area contributed by atoms with Gasteiger partial charge in [0.15, 0.2) is 0 Å². The minimum absolute atomic E-state index is 0.0828. The fourth-order valence-electron chi connectivity index (χ4n) is 5.58. The van der Waals surface area contributed by atoms with Crippen LogP contribution in [0.2, 0.25) is 0 Å². The lowest BCUT2D eigenvalue weighted by Crippen LogP contribution is -2.25. The Morgan fingerprint density at radius 3 is 1.59 bits per heavy atom. The van der Waals surface area contributed by atoms with Crippen LogP contribution in [0.3, 0.4) is 0 Å². The van der Waals surface area contributed by atoms with E-state index in [0.717, 1.165) is 10.9 Å². The Bertz CT molecular complexity index is 2050. The van der Waals surface area contributed by atoms with Crippen LogP contribution in [0, 0.1) is 17.8 Å². The van der Waals surface area contributed by atoms with Crippen LogP contribution in [0.1, 0.15) is 41.5 Å². The first-order valence-electron chi connectivity index (χ1n) is 14.1. The molecule has 6 bridgehead atoms. The van der Waals surface area contributed by atoms with Gasteiger partial charge < -0.3 is 13.7 Å². The molecule has 3 aromatic heterocycles. The lowest BCUT2D eigenvalue weighted by atomic mass is 10.0. The Kier molecular flexibility index (Phi) is 8.18. The molecule has 3 aromatic carbocycles. The van der Waals surface area contributed by atoms with Crippen molar-refractivity contribution in [1.82, 2.24) is 13.7 Å². The van der Waals surface area contributed by atoms with E-state index in [0.29, 0.717) is 61.2 Å². The molecule has 0 fully saturated rings. The standard InChI is InChI=1S/C33H35Br2N3O3/c1-18(2)15-36-21-7-9-23-26(13-21)29-28(38(31(23)39)17-20(5)6)12-11-25(30(29)35)33(41)37(16-19(3)4)22-8-10-24(32(36)40)27(34)14-22/h7-14,18-20H,15-17H2,1-6H3. The number of fused-ring (bicyclic) bond motifs is 4. The molecule has 0 aliphatic heterocycles. The number of pyridine rings is 1. The molecule has 0 aliphatic rings. The van der Waals surface area contributed by atoms with E-state index in [-0.39, 0.29) is 34.4 Å². The largest absolute Gasteiger partial charge is 0.308 e. The van der Waals surface area contributed by atoms with Gasteiger partial charge in [-0.25, -0.2) is 0 Å². The van der Waals surface area contributed by atoms with Gasteiger partial charge in [0, 0.05) is 50.4 Å². The number of aromatic nitrogens is 3. The fourth-order valence-corrected chi connectivity index (χ4v) is 6.84. The van der Waals surface area contributed by atoms with Gasteiger partial charge in [-0.1, -0.05) is 41.5 Å². The molecule has 0 unspecified atom stereocenters. The summed E-state index contributed by atoms with van der Waals surface area (Å²) in [6.07, 6.45) is 0. The zero-order valence-corrected chi connectivity index (χ0v) is 27.5. The van der Waals surface area contributed by atoms with Crippen molar-refractivity contribution in [2.75, 3.05) is 0 Å². The van der Waals surface area contributed by atoms with E-state index in [4.69, 9.17) is 0 Å². The summed E-state index contributed by atoms with van der Waals surface area (Å²) < 4.78 is 6.63. The quantitative estimate of drug-likeness (QED) is 0.172. The number of rotatable bonds is 6. The molecular weight excluding hydrogens is 646 g/mol. The lowest BCUT2D eigenvalue weighted by molar-refractivity contribution is 0.524. The second-order valence-electron chi connectivity index (χ2n) is 12.1. The molecule has 0 saturated carbocycles. The summed E-state index contributed by atoms with van der Waals surface area (Å²) in [7, 11) is 0. The van der Waals surface area contributed by atoms with E-state index in [2.05, 4.69) is 73.4 Å². The summed E-state index contributed by atoms with van der Waals surface area (Å²) in [4.78, 5) is 42.2. The van der Waals surface area contributed by atoms with Gasteiger partial charge in [-0.15, -0.1) is 0 Å². The first kappa shape index (κ1) is 29.5. The van der Waals surface area contributed by atoms with Crippen LogP contribution in [0.15, 0.2) is 71.9 Å². The smallest absolute Gasteiger partial charge is 0.259 e. The number of hydrogen-bond acceptors (Lipinski definition) is 3. The van der Waals surface area contributed by atoms with E-state index in [9.17, 15) is 14.4 Å². The van der Waals surface area contributed by atoms with Crippen LogP contribution in [-0.2, 0) is 19.6 Å². The van der Waals surface area contributed by atoms with Crippen molar-refractivity contribution >= 4 is 75.3 Å². The third kappa shape index (κ3) is 5.37. The predicted molar refractivity (Wildman–Crippen MR) is 178 cm³/mol. The Morgan fingerprint density at radius 1 is 0.561 bits per heavy atom. The number of halogens is 2. The van der Waals surface area contributed by atoms with Crippen molar-refractivity contribution in [2.24, 2.45) is 17.8 Å². The molecule has 0 radical (unpaired) electrons. The molecule has 8 heteroatoms. The van der Waals surface area contributed by atoms with Gasteiger partial charge in [0.25, 0.3) is 16.7 Å². The summed E-state index contributed by atoms with van der Waals surface area (Å²) in [5, 5.41) is 3.10. The summed E-state index contributed by atoms with van der Waals surface area (Å²) >= 11 is 7.46. The Balaban J connectivity index is 2.17. The summed E-state index contributed by atoms with van der Waals surface area (Å²) in [5.41, 5.74) is 1.79. The molecule has 0 spiro atoms. The van der Waals surface area contributed by atoms with Crippen LogP contribution in [0.4, 0.5) is 0 Å². The zero-order chi connectivity index (χ0) is 29.7. The SMILES string of the molecule is CC(C)Cn1c(=O)c2ccc(cc2Br)n(CC(C)C)c(=O)c2ccc3c(c2Br)c2cc1ccc2c(=O)n3CC(C)C.